The average Bonchev–Trinajstić information content (AvgIpc) is 2.54. The summed E-state index contributed by atoms with van der Waals surface area (Å²) in [6.07, 6.45) is 2.23. The molecule has 24 heavy (non-hydrogen) atoms. The summed E-state index contributed by atoms with van der Waals surface area (Å²) in [6.45, 7) is 17.5. The fourth-order valence-electron chi connectivity index (χ4n) is 2.98. The highest BCUT2D eigenvalue weighted by Crippen LogP contribution is 2.29. The second-order valence-electron chi connectivity index (χ2n) is 7.55. The van der Waals surface area contributed by atoms with Gasteiger partial charge >= 0.3 is 0 Å². The van der Waals surface area contributed by atoms with Crippen molar-refractivity contribution >= 4 is 11.1 Å². The van der Waals surface area contributed by atoms with Crippen molar-refractivity contribution < 1.29 is 0 Å². The van der Waals surface area contributed by atoms with Crippen molar-refractivity contribution in [3.63, 3.8) is 0 Å². The number of hydrogen-bond donors (Lipinski definition) is 0. The van der Waals surface area contributed by atoms with Gasteiger partial charge in [0.1, 0.15) is 0 Å². The molecule has 0 aliphatic rings. The molecule has 0 heterocycles. The first-order chi connectivity index (χ1) is 11.4. The van der Waals surface area contributed by atoms with Crippen LogP contribution in [-0.4, -0.2) is 0 Å². The molecule has 0 unspecified atom stereocenters. The maximum atomic E-state index is 4.26. The molecular weight excluding hydrogens is 288 g/mol. The van der Waals surface area contributed by atoms with Crippen LogP contribution in [0.4, 0.5) is 0 Å². The fraction of sp³-hybridized carbons (Fsp3) is 0.333. The molecular formula is C24H30. The molecule has 0 bridgehead atoms. The van der Waals surface area contributed by atoms with Crippen molar-refractivity contribution in [3.05, 3.63) is 83.9 Å². The van der Waals surface area contributed by atoms with Gasteiger partial charge in [-0.05, 0) is 58.1 Å². The first-order valence-corrected chi connectivity index (χ1v) is 8.93. The summed E-state index contributed by atoms with van der Waals surface area (Å²) in [5.41, 5.74) is 7.07. The van der Waals surface area contributed by atoms with Crippen LogP contribution in [0.25, 0.3) is 11.1 Å². The lowest BCUT2D eigenvalue weighted by Gasteiger charge is -2.13. The van der Waals surface area contributed by atoms with Crippen LogP contribution in [0.15, 0.2) is 61.7 Å². The van der Waals surface area contributed by atoms with Crippen LogP contribution in [0.3, 0.4) is 0 Å². The van der Waals surface area contributed by atoms with Crippen molar-refractivity contribution in [2.75, 3.05) is 0 Å². The summed E-state index contributed by atoms with van der Waals surface area (Å²) in [7, 11) is 0. The lowest BCUT2D eigenvalue weighted by atomic mass is 9.92. The van der Waals surface area contributed by atoms with E-state index in [0.29, 0.717) is 11.8 Å². The first-order valence-electron chi connectivity index (χ1n) is 8.93. The Labute approximate surface area is 147 Å². The van der Waals surface area contributed by atoms with Crippen molar-refractivity contribution in [1.82, 2.24) is 0 Å². The second kappa shape index (κ2) is 8.15. The van der Waals surface area contributed by atoms with E-state index >= 15 is 0 Å². The Morgan fingerprint density at radius 3 is 1.17 bits per heavy atom. The highest BCUT2D eigenvalue weighted by atomic mass is 14.1. The van der Waals surface area contributed by atoms with Crippen LogP contribution in [-0.2, 0) is 12.8 Å². The molecule has 0 aliphatic heterocycles. The average molecular weight is 319 g/mol. The van der Waals surface area contributed by atoms with Crippen LogP contribution < -0.4 is 0 Å². The van der Waals surface area contributed by atoms with Crippen molar-refractivity contribution in [2.24, 2.45) is 11.8 Å². The monoisotopic (exact) mass is 318 g/mol. The summed E-state index contributed by atoms with van der Waals surface area (Å²) in [5, 5.41) is 0. The summed E-state index contributed by atoms with van der Waals surface area (Å²) in [5.74, 6) is 1.36. The van der Waals surface area contributed by atoms with Gasteiger partial charge in [0.25, 0.3) is 0 Å². The Morgan fingerprint density at radius 1 is 0.625 bits per heavy atom. The third kappa shape index (κ3) is 4.96. The predicted molar refractivity (Wildman–Crippen MR) is 108 cm³/mol. The minimum atomic E-state index is 0.679. The summed E-state index contributed by atoms with van der Waals surface area (Å²) >= 11 is 0. The zero-order valence-electron chi connectivity index (χ0n) is 15.6. The number of rotatable bonds is 7. The Morgan fingerprint density at radius 2 is 0.917 bits per heavy atom. The van der Waals surface area contributed by atoms with Crippen molar-refractivity contribution in [3.8, 4) is 0 Å². The highest BCUT2D eigenvalue weighted by molar-refractivity contribution is 6.02. The molecule has 0 heteroatoms. The molecule has 0 saturated carbocycles. The third-order valence-corrected chi connectivity index (χ3v) is 4.26. The zero-order valence-corrected chi connectivity index (χ0v) is 15.6. The largest absolute Gasteiger partial charge is 0.0906 e. The zero-order chi connectivity index (χ0) is 17.7. The van der Waals surface area contributed by atoms with Gasteiger partial charge in [-0.3, -0.25) is 0 Å². The number of allylic oxidation sites excluding steroid dienone is 2. The fourth-order valence-corrected chi connectivity index (χ4v) is 2.98. The summed E-state index contributed by atoms with van der Waals surface area (Å²) in [4.78, 5) is 0. The molecule has 0 aromatic heterocycles. The highest BCUT2D eigenvalue weighted by Gasteiger charge is 2.07. The molecule has 0 saturated heterocycles. The van der Waals surface area contributed by atoms with Gasteiger partial charge in [0, 0.05) is 0 Å². The summed E-state index contributed by atoms with van der Waals surface area (Å²) < 4.78 is 0. The van der Waals surface area contributed by atoms with E-state index in [0.717, 1.165) is 35.1 Å². The Bertz CT molecular complexity index is 618. The van der Waals surface area contributed by atoms with Crippen LogP contribution in [0.1, 0.15) is 49.9 Å². The molecule has 2 aromatic rings. The molecule has 2 aromatic carbocycles. The van der Waals surface area contributed by atoms with E-state index < -0.39 is 0 Å². The van der Waals surface area contributed by atoms with Gasteiger partial charge in [0.15, 0.2) is 0 Å². The molecule has 0 nitrogen and oxygen atoms in total. The van der Waals surface area contributed by atoms with Crippen LogP contribution >= 0.6 is 0 Å². The van der Waals surface area contributed by atoms with E-state index in [9.17, 15) is 0 Å². The molecule has 0 N–H and O–H groups in total. The van der Waals surface area contributed by atoms with Gasteiger partial charge in [-0.2, -0.15) is 0 Å². The third-order valence-electron chi connectivity index (χ3n) is 4.26. The quantitative estimate of drug-likeness (QED) is 0.492. The van der Waals surface area contributed by atoms with Crippen LogP contribution in [0, 0.1) is 11.8 Å². The molecule has 126 valence electrons. The van der Waals surface area contributed by atoms with E-state index in [1.54, 1.807) is 0 Å². The smallest absolute Gasteiger partial charge is 0.0183 e. The SMILES string of the molecule is C=C(C(=C)c1ccc(CC(C)C)cc1)c1ccc(CC(C)C)cc1. The molecule has 0 spiro atoms. The normalized spacial score (nSPS) is 11.1. The molecule has 0 atom stereocenters. The van der Waals surface area contributed by atoms with E-state index in [1.165, 1.54) is 11.1 Å². The topological polar surface area (TPSA) is 0 Å². The lowest BCUT2D eigenvalue weighted by Crippen LogP contribution is -1.95. The van der Waals surface area contributed by atoms with E-state index in [-0.39, 0.29) is 0 Å². The van der Waals surface area contributed by atoms with Gasteiger partial charge in [-0.15, -0.1) is 0 Å². The maximum Gasteiger partial charge on any atom is -0.0183 e. The van der Waals surface area contributed by atoms with Crippen molar-refractivity contribution in [1.29, 1.82) is 0 Å². The van der Waals surface area contributed by atoms with E-state index in [4.69, 9.17) is 0 Å². The Hall–Kier alpha value is -2.08. The molecule has 2 rings (SSSR count). The maximum absolute atomic E-state index is 4.26. The molecule has 0 fully saturated rings. The van der Waals surface area contributed by atoms with Gasteiger partial charge in [0.2, 0.25) is 0 Å². The molecule has 0 amide bonds. The standard InChI is InChI=1S/C24H30/c1-17(2)15-21-7-11-23(12-8-21)19(5)20(6)24-13-9-22(10-14-24)16-18(3)4/h7-14,17-18H,5-6,15-16H2,1-4H3. The predicted octanol–water partition coefficient (Wildman–Crippen LogP) is 6.81. The molecule has 0 aliphatic carbocycles. The lowest BCUT2D eigenvalue weighted by molar-refractivity contribution is 0.647. The Kier molecular flexibility index (Phi) is 6.20. The number of hydrogen-bond acceptors (Lipinski definition) is 0. The van der Waals surface area contributed by atoms with Crippen LogP contribution in [0.2, 0.25) is 0 Å². The minimum Gasteiger partial charge on any atom is -0.0906 e. The first kappa shape index (κ1) is 18.3. The van der Waals surface area contributed by atoms with E-state index in [2.05, 4.69) is 89.4 Å². The van der Waals surface area contributed by atoms with Gasteiger partial charge in [-0.25, -0.2) is 0 Å². The van der Waals surface area contributed by atoms with Crippen LogP contribution in [0.5, 0.6) is 0 Å². The van der Waals surface area contributed by atoms with Gasteiger partial charge < -0.3 is 0 Å². The van der Waals surface area contributed by atoms with Gasteiger partial charge in [0.05, 0.1) is 0 Å². The van der Waals surface area contributed by atoms with Gasteiger partial charge in [-0.1, -0.05) is 89.4 Å². The minimum absolute atomic E-state index is 0.679. The molecule has 0 radical (unpaired) electrons. The van der Waals surface area contributed by atoms with Crippen molar-refractivity contribution in [2.45, 2.75) is 40.5 Å². The number of benzene rings is 2. The second-order valence-corrected chi connectivity index (χ2v) is 7.55. The summed E-state index contributed by atoms with van der Waals surface area (Å²) in [6, 6.07) is 17.5. The Balaban J connectivity index is 2.10. The van der Waals surface area contributed by atoms with E-state index in [1.807, 2.05) is 0 Å².